The van der Waals surface area contributed by atoms with E-state index in [2.05, 4.69) is 25.0 Å². The van der Waals surface area contributed by atoms with Crippen LogP contribution >= 0.6 is 11.8 Å². The van der Waals surface area contributed by atoms with Crippen LogP contribution < -0.4 is 5.73 Å². The van der Waals surface area contributed by atoms with Crippen LogP contribution in [0.1, 0.15) is 26.7 Å². The molecule has 1 rings (SSSR count). The lowest BCUT2D eigenvalue weighted by Gasteiger charge is -2.30. The third-order valence-corrected chi connectivity index (χ3v) is 3.19. The predicted octanol–water partition coefficient (Wildman–Crippen LogP) is 1.55. The van der Waals surface area contributed by atoms with E-state index in [0.29, 0.717) is 0 Å². The molecule has 1 fully saturated rings. The molecule has 0 amide bonds. The molecule has 13 heavy (non-hydrogen) atoms. The number of hydrogen-bond donors (Lipinski definition) is 1. The van der Waals surface area contributed by atoms with Crippen molar-refractivity contribution in [2.45, 2.75) is 38.3 Å². The molecule has 1 unspecified atom stereocenters. The summed E-state index contributed by atoms with van der Waals surface area (Å²) in [5, 5.41) is 0. The highest BCUT2D eigenvalue weighted by atomic mass is 32.2. The SMILES string of the molecule is CSCC1CCCN1CC(C)(C)N. The van der Waals surface area contributed by atoms with Crippen molar-refractivity contribution in [3.63, 3.8) is 0 Å². The zero-order valence-electron chi connectivity index (χ0n) is 9.05. The maximum atomic E-state index is 6.03. The molecular weight excluding hydrogens is 180 g/mol. The van der Waals surface area contributed by atoms with Gasteiger partial charge in [0.2, 0.25) is 0 Å². The Morgan fingerprint density at radius 2 is 2.23 bits per heavy atom. The average Bonchev–Trinajstić information content (AvgIpc) is 2.34. The Labute approximate surface area is 86.2 Å². The highest BCUT2D eigenvalue weighted by Crippen LogP contribution is 2.21. The summed E-state index contributed by atoms with van der Waals surface area (Å²) in [6.45, 7) is 6.51. The summed E-state index contributed by atoms with van der Waals surface area (Å²) >= 11 is 1.95. The van der Waals surface area contributed by atoms with E-state index in [1.54, 1.807) is 0 Å². The highest BCUT2D eigenvalue weighted by molar-refractivity contribution is 7.98. The van der Waals surface area contributed by atoms with Gasteiger partial charge in [-0.25, -0.2) is 0 Å². The fraction of sp³-hybridized carbons (Fsp3) is 1.00. The van der Waals surface area contributed by atoms with Gasteiger partial charge in [-0.3, -0.25) is 4.90 Å². The molecule has 0 aromatic heterocycles. The zero-order chi connectivity index (χ0) is 9.90. The van der Waals surface area contributed by atoms with E-state index in [4.69, 9.17) is 5.73 Å². The van der Waals surface area contributed by atoms with Crippen molar-refractivity contribution in [2.75, 3.05) is 25.1 Å². The van der Waals surface area contributed by atoms with Gasteiger partial charge in [0.05, 0.1) is 0 Å². The minimum atomic E-state index is -0.0407. The molecule has 2 nitrogen and oxygen atoms in total. The summed E-state index contributed by atoms with van der Waals surface area (Å²) in [5.74, 6) is 1.26. The standard InChI is InChI=1S/C10H22N2S/c1-10(2,11)8-12-6-4-5-9(12)7-13-3/h9H,4-8,11H2,1-3H3. The van der Waals surface area contributed by atoms with Gasteiger partial charge in [0.15, 0.2) is 0 Å². The zero-order valence-corrected chi connectivity index (χ0v) is 9.86. The largest absolute Gasteiger partial charge is 0.324 e. The Bertz CT molecular complexity index is 153. The molecule has 2 N–H and O–H groups in total. The lowest BCUT2D eigenvalue weighted by Crippen LogP contribution is -2.47. The smallest absolute Gasteiger partial charge is 0.0226 e. The number of nitrogens with zero attached hydrogens (tertiary/aromatic N) is 1. The van der Waals surface area contributed by atoms with E-state index >= 15 is 0 Å². The molecule has 1 atom stereocenters. The first-order valence-electron chi connectivity index (χ1n) is 5.05. The third-order valence-electron chi connectivity index (χ3n) is 2.47. The average molecular weight is 202 g/mol. The van der Waals surface area contributed by atoms with E-state index in [0.717, 1.165) is 12.6 Å². The van der Waals surface area contributed by atoms with Crippen molar-refractivity contribution in [1.82, 2.24) is 4.90 Å². The van der Waals surface area contributed by atoms with E-state index in [-0.39, 0.29) is 5.54 Å². The minimum absolute atomic E-state index is 0.0407. The summed E-state index contributed by atoms with van der Waals surface area (Å²) in [7, 11) is 0. The molecule has 0 aromatic rings. The number of hydrogen-bond acceptors (Lipinski definition) is 3. The van der Waals surface area contributed by atoms with Crippen molar-refractivity contribution in [1.29, 1.82) is 0 Å². The maximum Gasteiger partial charge on any atom is 0.0226 e. The molecule has 0 radical (unpaired) electrons. The Morgan fingerprint density at radius 1 is 1.54 bits per heavy atom. The van der Waals surface area contributed by atoms with E-state index < -0.39 is 0 Å². The van der Waals surface area contributed by atoms with E-state index in [9.17, 15) is 0 Å². The number of thioether (sulfide) groups is 1. The second kappa shape index (κ2) is 4.67. The lowest BCUT2D eigenvalue weighted by molar-refractivity contribution is 0.223. The Balaban J connectivity index is 2.39. The summed E-state index contributed by atoms with van der Waals surface area (Å²) in [4.78, 5) is 2.55. The van der Waals surface area contributed by atoms with E-state index in [1.807, 2.05) is 11.8 Å². The molecule has 0 aliphatic carbocycles. The van der Waals surface area contributed by atoms with Crippen LogP contribution in [-0.4, -0.2) is 41.6 Å². The molecule has 3 heteroatoms. The van der Waals surface area contributed by atoms with Crippen LogP contribution in [0, 0.1) is 0 Å². The van der Waals surface area contributed by atoms with Crippen LogP contribution in [0.25, 0.3) is 0 Å². The van der Waals surface area contributed by atoms with Crippen molar-refractivity contribution in [3.8, 4) is 0 Å². The van der Waals surface area contributed by atoms with Gasteiger partial charge in [-0.05, 0) is 39.5 Å². The van der Waals surface area contributed by atoms with Crippen LogP contribution in [-0.2, 0) is 0 Å². The summed E-state index contributed by atoms with van der Waals surface area (Å²) in [6, 6.07) is 0.776. The molecule has 78 valence electrons. The van der Waals surface area contributed by atoms with Crippen LogP contribution in [0.3, 0.4) is 0 Å². The number of nitrogens with two attached hydrogens (primary N) is 1. The Kier molecular flexibility index (Phi) is 4.07. The van der Waals surface area contributed by atoms with Gasteiger partial charge >= 0.3 is 0 Å². The van der Waals surface area contributed by atoms with Crippen LogP contribution in [0.2, 0.25) is 0 Å². The van der Waals surface area contributed by atoms with Crippen LogP contribution in [0.4, 0.5) is 0 Å². The fourth-order valence-corrected chi connectivity index (χ4v) is 2.77. The van der Waals surface area contributed by atoms with Crippen molar-refractivity contribution < 1.29 is 0 Å². The van der Waals surface area contributed by atoms with Crippen LogP contribution in [0.5, 0.6) is 0 Å². The Morgan fingerprint density at radius 3 is 2.77 bits per heavy atom. The summed E-state index contributed by atoms with van der Waals surface area (Å²) in [5.41, 5.74) is 5.98. The van der Waals surface area contributed by atoms with Crippen molar-refractivity contribution in [2.24, 2.45) is 5.73 Å². The minimum Gasteiger partial charge on any atom is -0.324 e. The molecule has 1 saturated heterocycles. The van der Waals surface area contributed by atoms with Gasteiger partial charge in [0.25, 0.3) is 0 Å². The predicted molar refractivity (Wildman–Crippen MR) is 61.2 cm³/mol. The first-order valence-corrected chi connectivity index (χ1v) is 6.44. The number of rotatable bonds is 4. The second-order valence-corrected chi connectivity index (χ2v) is 5.62. The van der Waals surface area contributed by atoms with Crippen molar-refractivity contribution in [3.05, 3.63) is 0 Å². The van der Waals surface area contributed by atoms with E-state index in [1.165, 1.54) is 25.1 Å². The molecule has 0 aromatic carbocycles. The highest BCUT2D eigenvalue weighted by Gasteiger charge is 2.27. The Hall–Kier alpha value is 0.270. The molecule has 1 heterocycles. The first-order chi connectivity index (χ1) is 6.03. The molecule has 0 spiro atoms. The second-order valence-electron chi connectivity index (χ2n) is 4.71. The summed E-state index contributed by atoms with van der Waals surface area (Å²) in [6.07, 6.45) is 4.89. The molecule has 1 aliphatic heterocycles. The molecule has 1 aliphatic rings. The van der Waals surface area contributed by atoms with Gasteiger partial charge in [-0.1, -0.05) is 0 Å². The monoisotopic (exact) mass is 202 g/mol. The quantitative estimate of drug-likeness (QED) is 0.750. The van der Waals surface area contributed by atoms with Crippen molar-refractivity contribution >= 4 is 11.8 Å². The molecular formula is C10H22N2S. The topological polar surface area (TPSA) is 29.3 Å². The van der Waals surface area contributed by atoms with Crippen LogP contribution in [0.15, 0.2) is 0 Å². The normalized spacial score (nSPS) is 25.4. The maximum absolute atomic E-state index is 6.03. The van der Waals surface area contributed by atoms with Gasteiger partial charge in [-0.2, -0.15) is 11.8 Å². The summed E-state index contributed by atoms with van der Waals surface area (Å²) < 4.78 is 0. The third kappa shape index (κ3) is 3.88. The van der Waals surface area contributed by atoms with Gasteiger partial charge in [0, 0.05) is 23.9 Å². The molecule has 0 saturated carbocycles. The first kappa shape index (κ1) is 11.3. The van der Waals surface area contributed by atoms with Gasteiger partial charge < -0.3 is 5.73 Å². The van der Waals surface area contributed by atoms with Gasteiger partial charge in [-0.15, -0.1) is 0 Å². The fourth-order valence-electron chi connectivity index (χ4n) is 2.01. The van der Waals surface area contributed by atoms with Gasteiger partial charge in [0.1, 0.15) is 0 Å². The number of likely N-dealkylation sites (tertiary alicyclic amines) is 1. The lowest BCUT2D eigenvalue weighted by atomic mass is 10.1. The molecule has 0 bridgehead atoms.